The van der Waals surface area contributed by atoms with Crippen LogP contribution >= 0.6 is 0 Å². The second-order valence-electron chi connectivity index (χ2n) is 8.00. The van der Waals surface area contributed by atoms with Gasteiger partial charge in [0.1, 0.15) is 0 Å². The molecular weight excluding hydrogens is 472 g/mol. The highest BCUT2D eigenvalue weighted by atomic mass is 19.4. The van der Waals surface area contributed by atoms with Gasteiger partial charge in [-0.25, -0.2) is 4.39 Å². The van der Waals surface area contributed by atoms with Gasteiger partial charge in [-0.05, 0) is 42.8 Å². The zero-order chi connectivity index (χ0) is 26.1. The van der Waals surface area contributed by atoms with Gasteiger partial charge in [-0.1, -0.05) is 6.92 Å². The number of nitrogens with one attached hydrogen (secondary N) is 1. The fraction of sp³-hybridized carbons (Fsp3) is 0.292. The Morgan fingerprint density at radius 3 is 2.31 bits per heavy atom. The molecule has 0 saturated carbocycles. The van der Waals surface area contributed by atoms with Crippen LogP contribution < -0.4 is 10.1 Å². The number of carboxylic acids is 1. The van der Waals surface area contributed by atoms with Crippen molar-refractivity contribution < 1.29 is 41.8 Å². The Morgan fingerprint density at radius 1 is 1.14 bits per heavy atom. The van der Waals surface area contributed by atoms with Crippen molar-refractivity contribution in [2.24, 2.45) is 5.92 Å². The predicted octanol–water partition coefficient (Wildman–Crippen LogP) is 4.18. The zero-order valence-corrected chi connectivity index (χ0v) is 19.0. The summed E-state index contributed by atoms with van der Waals surface area (Å²) in [6.07, 6.45) is -4.83. The number of hydrogen-bond donors (Lipinski definition) is 2. The Morgan fingerprint density at radius 2 is 1.77 bits per heavy atom. The molecule has 1 aromatic heterocycles. The minimum absolute atomic E-state index is 0.0690. The number of rotatable bonds is 7. The number of nitrogens with zero attached hydrogens (tertiary/aromatic N) is 1. The molecule has 1 unspecified atom stereocenters. The minimum atomic E-state index is -4.57. The highest BCUT2D eigenvalue weighted by Gasteiger charge is 2.31. The van der Waals surface area contributed by atoms with Gasteiger partial charge >= 0.3 is 12.1 Å². The molecule has 0 aliphatic heterocycles. The van der Waals surface area contributed by atoms with E-state index in [1.54, 1.807) is 0 Å². The van der Waals surface area contributed by atoms with E-state index in [1.807, 2.05) is 0 Å². The molecule has 3 aromatic rings. The lowest BCUT2D eigenvalue weighted by Gasteiger charge is -2.10. The molecule has 3 rings (SSSR count). The quantitative estimate of drug-likeness (QED) is 0.481. The molecule has 1 amide bonds. The molecule has 0 spiro atoms. The summed E-state index contributed by atoms with van der Waals surface area (Å²) in [5.74, 6) is -4.04. The molecule has 2 aromatic carbocycles. The zero-order valence-electron chi connectivity index (χ0n) is 19.0. The van der Waals surface area contributed by atoms with E-state index in [1.165, 1.54) is 27.0 Å². The first kappa shape index (κ1) is 25.7. The molecule has 35 heavy (non-hydrogen) atoms. The first-order chi connectivity index (χ1) is 16.3. The van der Waals surface area contributed by atoms with Crippen molar-refractivity contribution in [1.29, 1.82) is 0 Å². The number of hydrogen-bond acceptors (Lipinski definition) is 4. The monoisotopic (exact) mass is 494 g/mol. The van der Waals surface area contributed by atoms with Gasteiger partial charge in [0.25, 0.3) is 5.91 Å². The predicted molar refractivity (Wildman–Crippen MR) is 118 cm³/mol. The van der Waals surface area contributed by atoms with Crippen molar-refractivity contribution in [1.82, 2.24) is 9.88 Å². The number of aliphatic carboxylic acids is 1. The first-order valence-electron chi connectivity index (χ1n) is 10.4. The fourth-order valence-electron chi connectivity index (χ4n) is 3.63. The Balaban J connectivity index is 2.06. The number of halogens is 4. The third-order valence-electron chi connectivity index (χ3n) is 5.63. The number of alkyl halides is 3. The van der Waals surface area contributed by atoms with Crippen LogP contribution in [0.1, 0.15) is 34.1 Å². The summed E-state index contributed by atoms with van der Waals surface area (Å²) in [5, 5.41) is 11.8. The molecule has 2 N–H and O–H groups in total. The van der Waals surface area contributed by atoms with E-state index in [0.717, 1.165) is 34.9 Å². The SMILES string of the molecule is COc1cc2c(CC(=O)NCC(C)C(=O)O)c(C)n(C(=O)c3ccc(C(F)(F)F)cc3)c2cc1F. The van der Waals surface area contributed by atoms with Gasteiger partial charge in [-0.2, -0.15) is 13.2 Å². The average Bonchev–Trinajstić information content (AvgIpc) is 3.05. The normalized spacial score (nSPS) is 12.4. The second-order valence-corrected chi connectivity index (χ2v) is 8.00. The summed E-state index contributed by atoms with van der Waals surface area (Å²) >= 11 is 0. The summed E-state index contributed by atoms with van der Waals surface area (Å²) in [6.45, 7) is 2.83. The van der Waals surface area contributed by atoms with Gasteiger partial charge in [0, 0.05) is 29.3 Å². The van der Waals surface area contributed by atoms with Crippen LogP contribution in [0.3, 0.4) is 0 Å². The molecule has 1 heterocycles. The second kappa shape index (κ2) is 9.77. The molecule has 0 aliphatic carbocycles. The first-order valence-corrected chi connectivity index (χ1v) is 10.4. The summed E-state index contributed by atoms with van der Waals surface area (Å²) < 4.78 is 59.4. The van der Waals surface area contributed by atoms with Gasteiger partial charge < -0.3 is 15.2 Å². The van der Waals surface area contributed by atoms with Gasteiger partial charge in [0.05, 0.1) is 30.5 Å². The van der Waals surface area contributed by atoms with Crippen molar-refractivity contribution in [3.63, 3.8) is 0 Å². The lowest BCUT2D eigenvalue weighted by atomic mass is 10.1. The maximum atomic E-state index is 14.5. The summed E-state index contributed by atoms with van der Waals surface area (Å²) in [6, 6.07) is 5.98. The average molecular weight is 494 g/mol. The standard InChI is InChI=1S/C24H22F4N2O5/c1-12(23(33)34)11-29-21(31)9-16-13(2)30(19-10-18(25)20(35-3)8-17(16)19)22(32)14-4-6-15(7-5-14)24(26,27)28/h4-8,10,12H,9,11H2,1-3H3,(H,29,31)(H,33,34). The minimum Gasteiger partial charge on any atom is -0.494 e. The van der Waals surface area contributed by atoms with E-state index in [-0.39, 0.29) is 35.5 Å². The van der Waals surface area contributed by atoms with Crippen molar-refractivity contribution in [2.45, 2.75) is 26.4 Å². The van der Waals surface area contributed by atoms with Crippen LogP contribution in [-0.2, 0) is 22.2 Å². The van der Waals surface area contributed by atoms with Gasteiger partial charge in [-0.3, -0.25) is 19.0 Å². The number of carbonyl (C=O) groups is 3. The largest absolute Gasteiger partial charge is 0.494 e. The summed E-state index contributed by atoms with van der Waals surface area (Å²) in [4.78, 5) is 36.8. The fourth-order valence-corrected chi connectivity index (χ4v) is 3.63. The molecule has 11 heteroatoms. The number of carbonyl (C=O) groups excluding carboxylic acids is 2. The molecule has 1 atom stereocenters. The molecule has 0 fully saturated rings. The number of methoxy groups -OCH3 is 1. The van der Waals surface area contributed by atoms with Gasteiger partial charge in [0.2, 0.25) is 5.91 Å². The lowest BCUT2D eigenvalue weighted by Crippen LogP contribution is -2.32. The van der Waals surface area contributed by atoms with Crippen molar-refractivity contribution in [3.8, 4) is 5.75 Å². The van der Waals surface area contributed by atoms with Gasteiger partial charge in [0.15, 0.2) is 11.6 Å². The maximum Gasteiger partial charge on any atom is 0.416 e. The third-order valence-corrected chi connectivity index (χ3v) is 5.63. The highest BCUT2D eigenvalue weighted by molar-refractivity contribution is 6.05. The molecule has 0 bridgehead atoms. The molecule has 7 nitrogen and oxygen atoms in total. The van der Waals surface area contributed by atoms with Crippen molar-refractivity contribution in [2.75, 3.05) is 13.7 Å². The summed E-state index contributed by atoms with van der Waals surface area (Å²) in [5.41, 5.74) is -0.252. The van der Waals surface area contributed by atoms with Crippen LogP contribution in [0.25, 0.3) is 10.9 Å². The van der Waals surface area contributed by atoms with Crippen LogP contribution in [0.15, 0.2) is 36.4 Å². The number of carboxylic acid groups (broad SMARTS) is 1. The Bertz CT molecular complexity index is 1300. The number of fused-ring (bicyclic) bond motifs is 1. The Kier molecular flexibility index (Phi) is 7.18. The topological polar surface area (TPSA) is 97.6 Å². The van der Waals surface area contributed by atoms with Gasteiger partial charge in [-0.15, -0.1) is 0 Å². The number of aromatic nitrogens is 1. The molecular formula is C24H22F4N2O5. The summed E-state index contributed by atoms with van der Waals surface area (Å²) in [7, 11) is 1.25. The van der Waals surface area contributed by atoms with E-state index < -0.39 is 41.3 Å². The van der Waals surface area contributed by atoms with Crippen LogP contribution in [0.2, 0.25) is 0 Å². The van der Waals surface area contributed by atoms with E-state index in [0.29, 0.717) is 10.9 Å². The van der Waals surface area contributed by atoms with Crippen molar-refractivity contribution >= 4 is 28.7 Å². The van der Waals surface area contributed by atoms with E-state index in [4.69, 9.17) is 9.84 Å². The highest BCUT2D eigenvalue weighted by Crippen LogP contribution is 2.33. The van der Waals surface area contributed by atoms with E-state index in [2.05, 4.69) is 5.32 Å². The number of benzene rings is 2. The molecule has 0 aliphatic rings. The van der Waals surface area contributed by atoms with Crippen LogP contribution in [-0.4, -0.2) is 41.1 Å². The Labute approximate surface area is 197 Å². The molecule has 0 radical (unpaired) electrons. The third kappa shape index (κ3) is 5.28. The van der Waals surface area contributed by atoms with Crippen LogP contribution in [0.4, 0.5) is 17.6 Å². The van der Waals surface area contributed by atoms with E-state index >= 15 is 0 Å². The Hall–Kier alpha value is -3.89. The lowest BCUT2D eigenvalue weighted by molar-refractivity contribution is -0.141. The molecule has 0 saturated heterocycles. The van der Waals surface area contributed by atoms with Crippen LogP contribution in [0, 0.1) is 18.7 Å². The number of amides is 1. The smallest absolute Gasteiger partial charge is 0.416 e. The number of ether oxygens (including phenoxy) is 1. The molecule has 186 valence electrons. The van der Waals surface area contributed by atoms with Crippen LogP contribution in [0.5, 0.6) is 5.75 Å². The maximum absolute atomic E-state index is 14.5. The van der Waals surface area contributed by atoms with Crippen molar-refractivity contribution in [3.05, 3.63) is 64.6 Å². The van der Waals surface area contributed by atoms with E-state index in [9.17, 15) is 31.9 Å².